The minimum absolute atomic E-state index is 0.0523. The Hall–Kier alpha value is -1.07. The number of rotatable bonds is 6. The number of nitrogens with one attached hydrogen (secondary N) is 1. The lowest BCUT2D eigenvalue weighted by atomic mass is 10.1. The minimum Gasteiger partial charge on any atom is -0.380 e. The van der Waals surface area contributed by atoms with E-state index in [0.717, 1.165) is 11.1 Å². The molecule has 0 radical (unpaired) electrons. The first-order valence-electron chi connectivity index (χ1n) is 5.35. The summed E-state index contributed by atoms with van der Waals surface area (Å²) in [4.78, 5) is 0. The lowest BCUT2D eigenvalue weighted by molar-refractivity contribution is -0.133. The van der Waals surface area contributed by atoms with E-state index in [0.29, 0.717) is 13.2 Å². The van der Waals surface area contributed by atoms with E-state index in [9.17, 15) is 13.2 Å². The zero-order valence-corrected chi connectivity index (χ0v) is 9.68. The van der Waals surface area contributed by atoms with Crippen molar-refractivity contribution in [2.24, 2.45) is 0 Å². The van der Waals surface area contributed by atoms with E-state index in [1.54, 1.807) is 7.11 Å². The number of benzene rings is 1. The second kappa shape index (κ2) is 6.61. The van der Waals surface area contributed by atoms with Gasteiger partial charge in [-0.25, -0.2) is 0 Å². The Morgan fingerprint density at radius 2 is 1.71 bits per heavy atom. The highest BCUT2D eigenvalue weighted by molar-refractivity contribution is 5.21. The van der Waals surface area contributed by atoms with Crippen LogP contribution in [-0.4, -0.2) is 19.8 Å². The van der Waals surface area contributed by atoms with Gasteiger partial charge in [-0.1, -0.05) is 24.3 Å². The van der Waals surface area contributed by atoms with Crippen LogP contribution >= 0.6 is 0 Å². The van der Waals surface area contributed by atoms with E-state index in [1.165, 1.54) is 0 Å². The number of hydrogen-bond donors (Lipinski definition) is 1. The molecule has 0 aromatic heterocycles. The zero-order valence-electron chi connectivity index (χ0n) is 9.68. The van der Waals surface area contributed by atoms with Crippen molar-refractivity contribution >= 4 is 0 Å². The van der Waals surface area contributed by atoms with Crippen LogP contribution in [0.25, 0.3) is 0 Å². The Bertz CT molecular complexity index is 322. The van der Waals surface area contributed by atoms with Gasteiger partial charge in [0.05, 0.1) is 13.0 Å². The fourth-order valence-corrected chi connectivity index (χ4v) is 1.38. The molecule has 17 heavy (non-hydrogen) atoms. The molecule has 1 rings (SSSR count). The maximum absolute atomic E-state index is 11.9. The van der Waals surface area contributed by atoms with Gasteiger partial charge in [-0.2, -0.15) is 13.2 Å². The number of hydrogen-bond acceptors (Lipinski definition) is 2. The normalized spacial score (nSPS) is 11.8. The van der Waals surface area contributed by atoms with Gasteiger partial charge in [0.2, 0.25) is 0 Å². The Kier molecular flexibility index (Phi) is 5.44. The van der Waals surface area contributed by atoms with Gasteiger partial charge in [0.15, 0.2) is 0 Å². The SMILES string of the molecule is COCc1ccc(CNCCC(F)(F)F)cc1. The molecule has 1 aromatic rings. The van der Waals surface area contributed by atoms with Crippen molar-refractivity contribution in [1.29, 1.82) is 0 Å². The molecule has 0 saturated carbocycles. The van der Waals surface area contributed by atoms with Crippen LogP contribution in [0.2, 0.25) is 0 Å². The molecule has 0 heterocycles. The van der Waals surface area contributed by atoms with Crippen molar-refractivity contribution in [2.45, 2.75) is 25.7 Å². The largest absolute Gasteiger partial charge is 0.390 e. The molecular formula is C12H16F3NO. The Balaban J connectivity index is 2.27. The van der Waals surface area contributed by atoms with Gasteiger partial charge in [0.25, 0.3) is 0 Å². The van der Waals surface area contributed by atoms with Crippen molar-refractivity contribution in [2.75, 3.05) is 13.7 Å². The van der Waals surface area contributed by atoms with Gasteiger partial charge < -0.3 is 10.1 Å². The first-order chi connectivity index (χ1) is 8.01. The Labute approximate surface area is 98.8 Å². The summed E-state index contributed by atoms with van der Waals surface area (Å²) in [5.74, 6) is 0. The monoisotopic (exact) mass is 247 g/mol. The van der Waals surface area contributed by atoms with E-state index in [4.69, 9.17) is 4.74 Å². The highest BCUT2D eigenvalue weighted by atomic mass is 19.4. The van der Waals surface area contributed by atoms with Crippen molar-refractivity contribution in [3.8, 4) is 0 Å². The first kappa shape index (κ1) is 14.0. The highest BCUT2D eigenvalue weighted by Gasteiger charge is 2.25. The smallest absolute Gasteiger partial charge is 0.380 e. The molecule has 0 aliphatic rings. The number of halogens is 3. The molecule has 1 aromatic carbocycles. The third-order valence-corrected chi connectivity index (χ3v) is 2.25. The molecule has 0 fully saturated rings. The maximum atomic E-state index is 11.9. The van der Waals surface area contributed by atoms with E-state index < -0.39 is 12.6 Å². The molecule has 2 nitrogen and oxygen atoms in total. The summed E-state index contributed by atoms with van der Waals surface area (Å²) in [6.07, 6.45) is -4.88. The predicted molar refractivity (Wildman–Crippen MR) is 59.5 cm³/mol. The number of alkyl halides is 3. The summed E-state index contributed by atoms with van der Waals surface area (Å²) in [6.45, 7) is 0.939. The predicted octanol–water partition coefficient (Wildman–Crippen LogP) is 2.88. The van der Waals surface area contributed by atoms with Gasteiger partial charge >= 0.3 is 6.18 Å². The molecule has 0 aliphatic heterocycles. The molecule has 5 heteroatoms. The second-order valence-electron chi connectivity index (χ2n) is 3.79. The van der Waals surface area contributed by atoms with E-state index in [-0.39, 0.29) is 6.54 Å². The standard InChI is InChI=1S/C12H16F3NO/c1-17-9-11-4-2-10(3-5-11)8-16-7-6-12(13,14)15/h2-5,16H,6-9H2,1H3. The number of methoxy groups -OCH3 is 1. The molecule has 96 valence electrons. The third kappa shape index (κ3) is 6.28. The van der Waals surface area contributed by atoms with Gasteiger partial charge in [-0.05, 0) is 11.1 Å². The highest BCUT2D eigenvalue weighted by Crippen LogP contribution is 2.18. The van der Waals surface area contributed by atoms with Gasteiger partial charge in [-0.3, -0.25) is 0 Å². The Morgan fingerprint density at radius 1 is 1.12 bits per heavy atom. The average Bonchev–Trinajstić information content (AvgIpc) is 2.26. The number of ether oxygens (including phenoxy) is 1. The molecule has 0 saturated heterocycles. The first-order valence-corrected chi connectivity index (χ1v) is 5.35. The van der Waals surface area contributed by atoms with E-state index in [1.807, 2.05) is 24.3 Å². The summed E-state index contributed by atoms with van der Waals surface area (Å²) in [7, 11) is 1.62. The van der Waals surface area contributed by atoms with Crippen LogP contribution in [0.5, 0.6) is 0 Å². The molecule has 1 N–H and O–H groups in total. The van der Waals surface area contributed by atoms with Crippen LogP contribution in [0.1, 0.15) is 17.5 Å². The molecule has 0 spiro atoms. The zero-order chi connectivity index (χ0) is 12.7. The van der Waals surface area contributed by atoms with Crippen LogP contribution in [0.4, 0.5) is 13.2 Å². The lowest BCUT2D eigenvalue weighted by Crippen LogP contribution is -2.21. The van der Waals surface area contributed by atoms with Crippen molar-refractivity contribution < 1.29 is 17.9 Å². The fourth-order valence-electron chi connectivity index (χ4n) is 1.38. The summed E-state index contributed by atoms with van der Waals surface area (Å²) in [6, 6.07) is 7.58. The molecule has 0 aliphatic carbocycles. The van der Waals surface area contributed by atoms with Crippen LogP contribution in [0.3, 0.4) is 0 Å². The van der Waals surface area contributed by atoms with Crippen LogP contribution < -0.4 is 5.32 Å². The fraction of sp³-hybridized carbons (Fsp3) is 0.500. The van der Waals surface area contributed by atoms with Crippen molar-refractivity contribution in [3.05, 3.63) is 35.4 Å². The van der Waals surface area contributed by atoms with Gasteiger partial charge in [0.1, 0.15) is 0 Å². The minimum atomic E-state index is -4.09. The molecule has 0 bridgehead atoms. The molecule has 0 amide bonds. The maximum Gasteiger partial charge on any atom is 0.390 e. The summed E-state index contributed by atoms with van der Waals surface area (Å²) in [5, 5.41) is 2.76. The van der Waals surface area contributed by atoms with Crippen molar-refractivity contribution in [3.63, 3.8) is 0 Å². The quantitative estimate of drug-likeness (QED) is 0.780. The van der Waals surface area contributed by atoms with E-state index >= 15 is 0 Å². The topological polar surface area (TPSA) is 21.3 Å². The molecule has 0 atom stereocenters. The van der Waals surface area contributed by atoms with Crippen molar-refractivity contribution in [1.82, 2.24) is 5.32 Å². The summed E-state index contributed by atoms with van der Waals surface area (Å²) >= 11 is 0. The van der Waals surface area contributed by atoms with Crippen LogP contribution in [0, 0.1) is 0 Å². The third-order valence-electron chi connectivity index (χ3n) is 2.25. The molecular weight excluding hydrogens is 231 g/mol. The van der Waals surface area contributed by atoms with Gasteiger partial charge in [0, 0.05) is 20.2 Å². The molecule has 0 unspecified atom stereocenters. The van der Waals surface area contributed by atoms with Crippen LogP contribution in [-0.2, 0) is 17.9 Å². The second-order valence-corrected chi connectivity index (χ2v) is 3.79. The van der Waals surface area contributed by atoms with Crippen LogP contribution in [0.15, 0.2) is 24.3 Å². The van der Waals surface area contributed by atoms with E-state index in [2.05, 4.69) is 5.32 Å². The summed E-state index contributed by atoms with van der Waals surface area (Å²) < 4.78 is 40.6. The Morgan fingerprint density at radius 3 is 2.24 bits per heavy atom. The van der Waals surface area contributed by atoms with Gasteiger partial charge in [-0.15, -0.1) is 0 Å². The average molecular weight is 247 g/mol. The summed E-state index contributed by atoms with van der Waals surface area (Å²) in [5.41, 5.74) is 2.01. The lowest BCUT2D eigenvalue weighted by Gasteiger charge is -2.08.